The Kier molecular flexibility index (Phi) is 36.4. The van der Waals surface area contributed by atoms with Crippen molar-refractivity contribution in [2.75, 3.05) is 0 Å². The molecule has 28 heavy (non-hydrogen) atoms. The summed E-state index contributed by atoms with van der Waals surface area (Å²) in [5.74, 6) is 3.36. The second kappa shape index (κ2) is 28.9. The van der Waals surface area contributed by atoms with E-state index in [9.17, 15) is 0 Å². The van der Waals surface area contributed by atoms with E-state index in [0.717, 1.165) is 24.2 Å². The number of unbranched alkanes of at least 4 members (excludes halogenated alkanes) is 1. The van der Waals surface area contributed by atoms with Gasteiger partial charge in [-0.2, -0.15) is 0 Å². The monoisotopic (exact) mass is 398 g/mol. The largest absolute Gasteiger partial charge is 0.0996 e. The molecule has 0 rings (SSSR count). The molecule has 3 atom stereocenters. The molecule has 0 spiro atoms. The van der Waals surface area contributed by atoms with Crippen molar-refractivity contribution < 1.29 is 0 Å². The number of hydrogen-bond donors (Lipinski definition) is 0. The molecule has 0 aliphatic rings. The molecule has 3 unspecified atom stereocenters. The Morgan fingerprint density at radius 1 is 0.643 bits per heavy atom. The van der Waals surface area contributed by atoms with Crippen molar-refractivity contribution in [3.63, 3.8) is 0 Å². The zero-order valence-electron chi connectivity index (χ0n) is 22.6. The summed E-state index contributed by atoms with van der Waals surface area (Å²) in [6, 6.07) is 0. The lowest BCUT2D eigenvalue weighted by atomic mass is 9.90. The van der Waals surface area contributed by atoms with Crippen molar-refractivity contribution in [1.82, 2.24) is 0 Å². The first-order chi connectivity index (χ1) is 13.2. The molecule has 0 fully saturated rings. The van der Waals surface area contributed by atoms with Gasteiger partial charge in [0.25, 0.3) is 0 Å². The van der Waals surface area contributed by atoms with Crippen LogP contribution in [0.1, 0.15) is 147 Å². The van der Waals surface area contributed by atoms with Crippen LogP contribution < -0.4 is 0 Å². The molecule has 0 aromatic rings. The SMILES string of the molecule is C=C(CC)C(C)C(C)C.CC.CCC.CCCC(C)CCCCC(C)CCC. The van der Waals surface area contributed by atoms with E-state index in [0.29, 0.717) is 5.92 Å². The van der Waals surface area contributed by atoms with Crippen LogP contribution in [0, 0.1) is 23.7 Å². The van der Waals surface area contributed by atoms with Gasteiger partial charge in [0.2, 0.25) is 0 Å². The molecule has 0 nitrogen and oxygen atoms in total. The molecule has 0 amide bonds. The number of allylic oxidation sites excluding steroid dienone is 1. The maximum atomic E-state index is 3.99. The molecule has 0 aliphatic heterocycles. The summed E-state index contributed by atoms with van der Waals surface area (Å²) >= 11 is 0. The van der Waals surface area contributed by atoms with Crippen LogP contribution in [0.4, 0.5) is 0 Å². The van der Waals surface area contributed by atoms with Gasteiger partial charge in [-0.25, -0.2) is 0 Å². The van der Waals surface area contributed by atoms with Gasteiger partial charge in [-0.1, -0.05) is 153 Å². The van der Waals surface area contributed by atoms with Gasteiger partial charge in [-0.3, -0.25) is 0 Å². The Labute approximate surface area is 183 Å². The lowest BCUT2D eigenvalue weighted by Gasteiger charge is -2.16. The van der Waals surface area contributed by atoms with Crippen molar-refractivity contribution in [3.05, 3.63) is 12.2 Å². The molecule has 0 heteroatoms. The minimum atomic E-state index is 0.690. The van der Waals surface area contributed by atoms with Crippen LogP contribution in [-0.2, 0) is 0 Å². The number of rotatable bonds is 12. The second-order valence-corrected chi connectivity index (χ2v) is 8.82. The molecule has 0 saturated heterocycles. The Hall–Kier alpha value is -0.260. The van der Waals surface area contributed by atoms with Gasteiger partial charge in [-0.05, 0) is 30.1 Å². The standard InChI is InChI=1S/C14H30.C9H18.C3H8.C2H6/c1-5-9-13(3)11-7-8-12-14(4)10-6-2;1-6-8(4)9(5)7(2)3;1-3-2;1-2/h13-14H,5-12H2,1-4H3;7,9H,4,6H2,1-3,5H3;3H2,1-2H3;1-2H3. The summed E-state index contributed by atoms with van der Waals surface area (Å²) in [5, 5.41) is 0. The van der Waals surface area contributed by atoms with Gasteiger partial charge in [0.15, 0.2) is 0 Å². The first kappa shape index (κ1) is 35.2. The molecule has 0 N–H and O–H groups in total. The fourth-order valence-corrected chi connectivity index (χ4v) is 3.05. The van der Waals surface area contributed by atoms with E-state index < -0.39 is 0 Å². The first-order valence-corrected chi connectivity index (χ1v) is 12.9. The lowest BCUT2D eigenvalue weighted by molar-refractivity contribution is 0.417. The Balaban J connectivity index is -0.000000176. The van der Waals surface area contributed by atoms with Crippen LogP contribution in [0.5, 0.6) is 0 Å². The van der Waals surface area contributed by atoms with Crippen LogP contribution in [0.15, 0.2) is 12.2 Å². The van der Waals surface area contributed by atoms with Crippen molar-refractivity contribution in [3.8, 4) is 0 Å². The fourth-order valence-electron chi connectivity index (χ4n) is 3.05. The summed E-state index contributed by atoms with van der Waals surface area (Å²) in [5.41, 5.74) is 1.38. The Morgan fingerprint density at radius 3 is 1.14 bits per heavy atom. The van der Waals surface area contributed by atoms with Gasteiger partial charge >= 0.3 is 0 Å². The highest BCUT2D eigenvalue weighted by Gasteiger charge is 2.08. The third-order valence-corrected chi connectivity index (χ3v) is 5.30. The van der Waals surface area contributed by atoms with Crippen molar-refractivity contribution in [1.29, 1.82) is 0 Å². The van der Waals surface area contributed by atoms with Crippen molar-refractivity contribution in [2.45, 2.75) is 147 Å². The minimum Gasteiger partial charge on any atom is -0.0996 e. The molecule has 0 bridgehead atoms. The van der Waals surface area contributed by atoms with Gasteiger partial charge in [0, 0.05) is 0 Å². The van der Waals surface area contributed by atoms with E-state index in [1.165, 1.54) is 63.4 Å². The topological polar surface area (TPSA) is 0 Å². The zero-order chi connectivity index (χ0) is 23.0. The normalized spacial score (nSPS) is 13.0. The Bertz CT molecular complexity index is 249. The molecule has 0 aromatic heterocycles. The number of hydrogen-bond acceptors (Lipinski definition) is 0. The van der Waals surface area contributed by atoms with Crippen LogP contribution in [0.25, 0.3) is 0 Å². The summed E-state index contributed by atoms with van der Waals surface area (Å²) in [7, 11) is 0. The van der Waals surface area contributed by atoms with E-state index in [2.05, 4.69) is 75.8 Å². The van der Waals surface area contributed by atoms with E-state index in [4.69, 9.17) is 0 Å². The maximum Gasteiger partial charge on any atom is -0.0211 e. The van der Waals surface area contributed by atoms with E-state index in [1.54, 1.807) is 0 Å². The summed E-state index contributed by atoms with van der Waals surface area (Å²) < 4.78 is 0. The molecule has 0 aliphatic carbocycles. The highest BCUT2D eigenvalue weighted by atomic mass is 14.1. The van der Waals surface area contributed by atoms with Crippen LogP contribution in [0.3, 0.4) is 0 Å². The molecular weight excluding hydrogens is 336 g/mol. The highest BCUT2D eigenvalue weighted by Crippen LogP contribution is 2.20. The predicted molar refractivity (Wildman–Crippen MR) is 137 cm³/mol. The molecule has 0 radical (unpaired) electrons. The van der Waals surface area contributed by atoms with Crippen LogP contribution in [0.2, 0.25) is 0 Å². The predicted octanol–water partition coefficient (Wildman–Crippen LogP) is 11.1. The van der Waals surface area contributed by atoms with Gasteiger partial charge in [-0.15, -0.1) is 0 Å². The van der Waals surface area contributed by atoms with E-state index >= 15 is 0 Å². The quantitative estimate of drug-likeness (QED) is 0.226. The molecule has 174 valence electrons. The van der Waals surface area contributed by atoms with Crippen molar-refractivity contribution in [2.24, 2.45) is 23.7 Å². The minimum absolute atomic E-state index is 0.690. The van der Waals surface area contributed by atoms with Gasteiger partial charge < -0.3 is 0 Å². The third kappa shape index (κ3) is 30.5. The fraction of sp³-hybridized carbons (Fsp3) is 0.929. The molecule has 0 saturated carbocycles. The zero-order valence-corrected chi connectivity index (χ0v) is 22.6. The lowest BCUT2D eigenvalue weighted by Crippen LogP contribution is -2.05. The highest BCUT2D eigenvalue weighted by molar-refractivity contribution is 4.98. The third-order valence-electron chi connectivity index (χ3n) is 5.30. The van der Waals surface area contributed by atoms with Crippen LogP contribution >= 0.6 is 0 Å². The molecule has 0 aromatic carbocycles. The van der Waals surface area contributed by atoms with Crippen LogP contribution in [-0.4, -0.2) is 0 Å². The van der Waals surface area contributed by atoms with Gasteiger partial charge in [0.1, 0.15) is 0 Å². The summed E-state index contributed by atoms with van der Waals surface area (Å²) in [6.45, 7) is 30.5. The first-order valence-electron chi connectivity index (χ1n) is 12.9. The van der Waals surface area contributed by atoms with E-state index in [1.807, 2.05) is 13.8 Å². The average Bonchev–Trinajstić information content (AvgIpc) is 2.67. The average molecular weight is 399 g/mol. The summed E-state index contributed by atoms with van der Waals surface area (Å²) in [4.78, 5) is 0. The molecule has 0 heterocycles. The maximum absolute atomic E-state index is 3.99. The smallest absolute Gasteiger partial charge is 0.0211 e. The second-order valence-electron chi connectivity index (χ2n) is 8.82. The summed E-state index contributed by atoms with van der Waals surface area (Å²) in [6.07, 6.45) is 13.7. The Morgan fingerprint density at radius 2 is 0.964 bits per heavy atom. The molecular formula is C28H62. The van der Waals surface area contributed by atoms with E-state index in [-0.39, 0.29) is 0 Å². The van der Waals surface area contributed by atoms with Gasteiger partial charge in [0.05, 0.1) is 0 Å². The van der Waals surface area contributed by atoms with Crippen molar-refractivity contribution >= 4 is 0 Å².